The molecule has 1 atom stereocenters. The molecule has 6 nitrogen and oxygen atoms in total. The Hall–Kier alpha value is -2.63. The monoisotopic (exact) mass is 298 g/mol. The second kappa shape index (κ2) is 5.63. The third-order valence-electron chi connectivity index (χ3n) is 3.86. The van der Waals surface area contributed by atoms with Crippen molar-refractivity contribution in [3.63, 3.8) is 0 Å². The maximum atomic E-state index is 12.0. The average Bonchev–Trinajstić information content (AvgIpc) is 2.83. The van der Waals surface area contributed by atoms with Gasteiger partial charge in [0.15, 0.2) is 5.82 Å². The van der Waals surface area contributed by atoms with E-state index >= 15 is 0 Å². The van der Waals surface area contributed by atoms with Gasteiger partial charge in [0, 0.05) is 31.4 Å². The van der Waals surface area contributed by atoms with E-state index in [0.717, 1.165) is 11.1 Å². The van der Waals surface area contributed by atoms with Crippen molar-refractivity contribution in [1.29, 1.82) is 0 Å². The van der Waals surface area contributed by atoms with Crippen molar-refractivity contribution in [2.24, 2.45) is 7.05 Å². The number of hydrogen-bond donors (Lipinski definition) is 2. The molecule has 1 aromatic heterocycles. The number of carbonyl (C=O) groups excluding carboxylic acids is 2. The molecule has 3 rings (SSSR count). The quantitative estimate of drug-likeness (QED) is 0.912. The van der Waals surface area contributed by atoms with Gasteiger partial charge in [0.2, 0.25) is 11.8 Å². The van der Waals surface area contributed by atoms with Crippen molar-refractivity contribution in [3.05, 3.63) is 41.5 Å². The Morgan fingerprint density at radius 1 is 1.41 bits per heavy atom. The van der Waals surface area contributed by atoms with Crippen molar-refractivity contribution in [1.82, 2.24) is 9.78 Å². The van der Waals surface area contributed by atoms with Gasteiger partial charge in [0.05, 0.1) is 0 Å². The van der Waals surface area contributed by atoms with Crippen LogP contribution in [0.4, 0.5) is 11.6 Å². The third kappa shape index (κ3) is 2.47. The molecular weight excluding hydrogens is 280 g/mol. The molecule has 0 saturated carbocycles. The molecule has 0 fully saturated rings. The number of rotatable bonds is 3. The van der Waals surface area contributed by atoms with Crippen LogP contribution in [-0.4, -0.2) is 21.6 Å². The molecular formula is C16H18N4O2. The highest BCUT2D eigenvalue weighted by Crippen LogP contribution is 2.41. The Kier molecular flexibility index (Phi) is 3.66. The first-order chi connectivity index (χ1) is 10.6. The van der Waals surface area contributed by atoms with E-state index in [1.165, 1.54) is 0 Å². The van der Waals surface area contributed by atoms with Gasteiger partial charge in [0.1, 0.15) is 5.82 Å². The zero-order valence-corrected chi connectivity index (χ0v) is 12.6. The van der Waals surface area contributed by atoms with E-state index in [4.69, 9.17) is 0 Å². The number of aryl methyl sites for hydroxylation is 1. The van der Waals surface area contributed by atoms with Crippen molar-refractivity contribution in [2.75, 3.05) is 10.6 Å². The van der Waals surface area contributed by atoms with Crippen LogP contribution in [0.15, 0.2) is 30.3 Å². The number of anilines is 2. The number of hydrogen-bond acceptors (Lipinski definition) is 3. The van der Waals surface area contributed by atoms with Gasteiger partial charge in [-0.05, 0) is 5.56 Å². The lowest BCUT2D eigenvalue weighted by Crippen LogP contribution is -2.25. The first kappa shape index (κ1) is 14.3. The van der Waals surface area contributed by atoms with E-state index in [2.05, 4.69) is 15.7 Å². The van der Waals surface area contributed by atoms with E-state index in [-0.39, 0.29) is 17.7 Å². The number of carbonyl (C=O) groups is 2. The maximum absolute atomic E-state index is 12.0. The maximum Gasteiger partial charge on any atom is 0.226 e. The van der Waals surface area contributed by atoms with Crippen LogP contribution in [0.25, 0.3) is 0 Å². The summed E-state index contributed by atoms with van der Waals surface area (Å²) in [6.07, 6.45) is 0.728. The Balaban J connectivity index is 2.10. The van der Waals surface area contributed by atoms with Crippen LogP contribution in [0.2, 0.25) is 0 Å². The zero-order valence-electron chi connectivity index (χ0n) is 12.6. The van der Waals surface area contributed by atoms with Crippen LogP contribution in [0, 0.1) is 0 Å². The van der Waals surface area contributed by atoms with Gasteiger partial charge in [-0.1, -0.05) is 37.3 Å². The average molecular weight is 298 g/mol. The second-order valence-corrected chi connectivity index (χ2v) is 5.35. The highest BCUT2D eigenvalue weighted by molar-refractivity contribution is 5.98. The minimum Gasteiger partial charge on any atom is -0.311 e. The molecule has 0 unspecified atom stereocenters. The normalized spacial score (nSPS) is 16.8. The molecule has 0 bridgehead atoms. The Bertz CT molecular complexity index is 721. The van der Waals surface area contributed by atoms with Gasteiger partial charge in [0.25, 0.3) is 0 Å². The fourth-order valence-corrected chi connectivity index (χ4v) is 2.77. The van der Waals surface area contributed by atoms with Crippen LogP contribution in [0.5, 0.6) is 0 Å². The van der Waals surface area contributed by atoms with Crippen molar-refractivity contribution in [3.8, 4) is 0 Å². The molecule has 1 aliphatic heterocycles. The largest absolute Gasteiger partial charge is 0.311 e. The van der Waals surface area contributed by atoms with Gasteiger partial charge >= 0.3 is 0 Å². The lowest BCUT2D eigenvalue weighted by molar-refractivity contribution is -0.117. The first-order valence-electron chi connectivity index (χ1n) is 7.31. The summed E-state index contributed by atoms with van der Waals surface area (Å²) in [6, 6.07) is 9.82. The van der Waals surface area contributed by atoms with E-state index in [1.807, 2.05) is 30.3 Å². The first-order valence-corrected chi connectivity index (χ1v) is 7.31. The Labute approximate surface area is 128 Å². The minimum atomic E-state index is -0.106. The zero-order chi connectivity index (χ0) is 15.7. The fraction of sp³-hybridized carbons (Fsp3) is 0.312. The van der Waals surface area contributed by atoms with E-state index in [0.29, 0.717) is 24.5 Å². The standard InChI is InChI=1S/C16H18N4O2/c1-3-12(21)17-15-14-11(10-7-5-4-6-8-10)9-13(22)18-16(14)20(2)19-15/h4-8,11H,3,9H2,1-2H3,(H,18,22)(H,17,19,21)/t11-/m1/s1. The highest BCUT2D eigenvalue weighted by atomic mass is 16.2. The molecule has 1 aromatic carbocycles. The molecule has 0 spiro atoms. The third-order valence-corrected chi connectivity index (χ3v) is 3.86. The topological polar surface area (TPSA) is 76.0 Å². The van der Waals surface area contributed by atoms with Gasteiger partial charge in [-0.25, -0.2) is 0 Å². The highest BCUT2D eigenvalue weighted by Gasteiger charge is 2.33. The van der Waals surface area contributed by atoms with E-state index in [1.54, 1.807) is 18.7 Å². The predicted octanol–water partition coefficient (Wildman–Crippen LogP) is 2.24. The van der Waals surface area contributed by atoms with Crippen LogP contribution in [-0.2, 0) is 16.6 Å². The Morgan fingerprint density at radius 2 is 2.14 bits per heavy atom. The van der Waals surface area contributed by atoms with E-state index < -0.39 is 0 Å². The molecule has 0 saturated heterocycles. The molecule has 2 N–H and O–H groups in total. The lowest BCUT2D eigenvalue weighted by Gasteiger charge is -2.24. The van der Waals surface area contributed by atoms with Crippen molar-refractivity contribution < 1.29 is 9.59 Å². The van der Waals surface area contributed by atoms with Crippen molar-refractivity contribution in [2.45, 2.75) is 25.7 Å². The van der Waals surface area contributed by atoms with Gasteiger partial charge in [-0.2, -0.15) is 5.10 Å². The molecule has 114 valence electrons. The van der Waals surface area contributed by atoms with Gasteiger partial charge < -0.3 is 10.6 Å². The minimum absolute atomic E-state index is 0.0438. The number of benzene rings is 1. The molecule has 2 amide bonds. The number of nitrogens with one attached hydrogen (secondary N) is 2. The van der Waals surface area contributed by atoms with Gasteiger partial charge in [-0.15, -0.1) is 0 Å². The van der Waals surface area contributed by atoms with Crippen LogP contribution in [0.3, 0.4) is 0 Å². The van der Waals surface area contributed by atoms with Crippen LogP contribution in [0.1, 0.15) is 36.8 Å². The summed E-state index contributed by atoms with van der Waals surface area (Å²) in [5, 5.41) is 10.0. The smallest absolute Gasteiger partial charge is 0.226 e. The fourth-order valence-electron chi connectivity index (χ4n) is 2.77. The lowest BCUT2D eigenvalue weighted by atomic mass is 9.86. The van der Waals surface area contributed by atoms with Gasteiger partial charge in [-0.3, -0.25) is 14.3 Å². The number of fused-ring (bicyclic) bond motifs is 1. The summed E-state index contributed by atoms with van der Waals surface area (Å²) < 4.78 is 1.60. The number of nitrogens with zero attached hydrogens (tertiary/aromatic N) is 2. The molecule has 1 aliphatic rings. The van der Waals surface area contributed by atoms with Crippen molar-refractivity contribution >= 4 is 23.5 Å². The summed E-state index contributed by atoms with van der Waals surface area (Å²) in [6.45, 7) is 1.79. The van der Waals surface area contributed by atoms with Crippen LogP contribution >= 0.6 is 0 Å². The molecule has 2 heterocycles. The number of aromatic nitrogens is 2. The summed E-state index contributed by atoms with van der Waals surface area (Å²) in [7, 11) is 1.76. The summed E-state index contributed by atoms with van der Waals surface area (Å²) in [5.74, 6) is 0.933. The summed E-state index contributed by atoms with van der Waals surface area (Å²) >= 11 is 0. The van der Waals surface area contributed by atoms with E-state index in [9.17, 15) is 9.59 Å². The molecule has 0 radical (unpaired) electrons. The van der Waals surface area contributed by atoms with Crippen LogP contribution < -0.4 is 10.6 Å². The molecule has 22 heavy (non-hydrogen) atoms. The molecule has 2 aromatic rings. The second-order valence-electron chi connectivity index (χ2n) is 5.35. The number of amides is 2. The SMILES string of the molecule is CCC(=O)Nc1nn(C)c2c1[C@@H](c1ccccc1)CC(=O)N2. The summed E-state index contributed by atoms with van der Waals surface area (Å²) in [4.78, 5) is 23.7. The molecule has 6 heteroatoms. The Morgan fingerprint density at radius 3 is 2.82 bits per heavy atom. The predicted molar refractivity (Wildman–Crippen MR) is 83.7 cm³/mol. The molecule has 0 aliphatic carbocycles. The summed E-state index contributed by atoms with van der Waals surface area (Å²) in [5.41, 5.74) is 1.91.